The van der Waals surface area contributed by atoms with Crippen LogP contribution in [0.2, 0.25) is 0 Å². The van der Waals surface area contributed by atoms with E-state index in [9.17, 15) is 9.59 Å². The van der Waals surface area contributed by atoms with Crippen molar-refractivity contribution >= 4 is 11.9 Å². The van der Waals surface area contributed by atoms with E-state index in [-0.39, 0.29) is 12.5 Å². The highest BCUT2D eigenvalue weighted by molar-refractivity contribution is 5.90. The van der Waals surface area contributed by atoms with Gasteiger partial charge in [-0.2, -0.15) is 0 Å². The molecule has 0 N–H and O–H groups in total. The quantitative estimate of drug-likeness (QED) is 0.391. The third-order valence-electron chi connectivity index (χ3n) is 1.90. The maximum Gasteiger partial charge on any atom is 0.325 e. The van der Waals surface area contributed by atoms with Crippen molar-refractivity contribution in [2.75, 3.05) is 20.2 Å². The minimum absolute atomic E-state index is 0.00333. The van der Waals surface area contributed by atoms with Gasteiger partial charge in [-0.1, -0.05) is 25.2 Å². The van der Waals surface area contributed by atoms with Gasteiger partial charge in [0.05, 0.1) is 7.11 Å². The van der Waals surface area contributed by atoms with Gasteiger partial charge < -0.3 is 9.64 Å². The summed E-state index contributed by atoms with van der Waals surface area (Å²) in [4.78, 5) is 24.2. The van der Waals surface area contributed by atoms with Gasteiger partial charge in [-0.3, -0.25) is 9.59 Å². The molecule has 0 aromatic carbocycles. The standard InChI is InChI=1S/C12H19NO3/c1-4-6-7-8-11(14)13(9-5-2)10-12(15)16-3/h4,6-8H,5,9-10H2,1-3H3/b6-4+,8-7+. The highest BCUT2D eigenvalue weighted by Gasteiger charge is 2.13. The van der Waals surface area contributed by atoms with E-state index in [1.54, 1.807) is 12.2 Å². The van der Waals surface area contributed by atoms with Crippen LogP contribution in [0.5, 0.6) is 0 Å². The zero-order valence-electron chi connectivity index (χ0n) is 10.1. The molecule has 0 aliphatic carbocycles. The number of ether oxygens (including phenoxy) is 1. The number of hydrogen-bond donors (Lipinski definition) is 0. The number of allylic oxidation sites excluding steroid dienone is 3. The molecule has 0 atom stereocenters. The monoisotopic (exact) mass is 225 g/mol. The molecule has 0 radical (unpaired) electrons. The molecule has 0 aromatic heterocycles. The van der Waals surface area contributed by atoms with Gasteiger partial charge >= 0.3 is 5.97 Å². The minimum Gasteiger partial charge on any atom is -0.468 e. The molecule has 0 saturated carbocycles. The summed E-state index contributed by atoms with van der Waals surface area (Å²) in [5.74, 6) is -0.577. The molecule has 16 heavy (non-hydrogen) atoms. The number of hydrogen-bond acceptors (Lipinski definition) is 3. The zero-order chi connectivity index (χ0) is 12.4. The normalized spacial score (nSPS) is 10.9. The Morgan fingerprint density at radius 1 is 1.31 bits per heavy atom. The Balaban J connectivity index is 4.39. The van der Waals surface area contributed by atoms with Gasteiger partial charge in [0.1, 0.15) is 6.54 Å². The second-order valence-corrected chi connectivity index (χ2v) is 3.22. The van der Waals surface area contributed by atoms with Crippen LogP contribution in [0, 0.1) is 0 Å². The van der Waals surface area contributed by atoms with Crippen LogP contribution in [0.1, 0.15) is 20.3 Å². The number of methoxy groups -OCH3 is 1. The molecule has 4 heteroatoms. The highest BCUT2D eigenvalue weighted by atomic mass is 16.5. The molecule has 4 nitrogen and oxygen atoms in total. The van der Waals surface area contributed by atoms with Gasteiger partial charge in [0.15, 0.2) is 0 Å². The van der Waals surface area contributed by atoms with Crippen LogP contribution in [0.15, 0.2) is 24.3 Å². The first-order chi connectivity index (χ1) is 7.65. The summed E-state index contributed by atoms with van der Waals surface area (Å²) >= 11 is 0. The molecule has 0 aliphatic heterocycles. The Kier molecular flexibility index (Phi) is 7.85. The molecule has 0 fully saturated rings. The molecule has 0 saturated heterocycles. The molecule has 0 spiro atoms. The first-order valence-corrected chi connectivity index (χ1v) is 5.30. The summed E-state index contributed by atoms with van der Waals surface area (Å²) in [6.45, 7) is 4.37. The summed E-state index contributed by atoms with van der Waals surface area (Å²) in [6.07, 6.45) is 7.50. The first-order valence-electron chi connectivity index (χ1n) is 5.30. The van der Waals surface area contributed by atoms with Gasteiger partial charge in [-0.05, 0) is 13.3 Å². The Morgan fingerprint density at radius 2 is 2.00 bits per heavy atom. The largest absolute Gasteiger partial charge is 0.468 e. The van der Waals surface area contributed by atoms with Gasteiger partial charge in [0.2, 0.25) is 5.91 Å². The highest BCUT2D eigenvalue weighted by Crippen LogP contribution is 1.96. The van der Waals surface area contributed by atoms with Crippen LogP contribution < -0.4 is 0 Å². The third kappa shape index (κ3) is 6.01. The number of amides is 1. The van der Waals surface area contributed by atoms with Crippen molar-refractivity contribution in [1.82, 2.24) is 4.90 Å². The fraction of sp³-hybridized carbons (Fsp3) is 0.500. The lowest BCUT2D eigenvalue weighted by Crippen LogP contribution is -2.35. The zero-order valence-corrected chi connectivity index (χ0v) is 10.1. The maximum absolute atomic E-state index is 11.7. The molecule has 1 amide bonds. The predicted octanol–water partition coefficient (Wildman–Crippen LogP) is 1.53. The van der Waals surface area contributed by atoms with E-state index in [2.05, 4.69) is 4.74 Å². The van der Waals surface area contributed by atoms with Gasteiger partial charge in [0.25, 0.3) is 0 Å². The van der Waals surface area contributed by atoms with E-state index < -0.39 is 5.97 Å². The number of carbonyl (C=O) groups excluding carboxylic acids is 2. The fourth-order valence-electron chi connectivity index (χ4n) is 1.11. The molecule has 0 unspecified atom stereocenters. The van der Waals surface area contributed by atoms with Crippen molar-refractivity contribution in [3.05, 3.63) is 24.3 Å². The predicted molar refractivity (Wildman–Crippen MR) is 62.8 cm³/mol. The molecular formula is C12H19NO3. The molecule has 0 aromatic rings. The lowest BCUT2D eigenvalue weighted by Gasteiger charge is -2.18. The molecule has 0 aliphatic rings. The number of nitrogens with zero attached hydrogens (tertiary/aromatic N) is 1. The van der Waals surface area contributed by atoms with E-state index in [0.717, 1.165) is 6.42 Å². The molecule has 90 valence electrons. The van der Waals surface area contributed by atoms with Crippen molar-refractivity contribution in [2.45, 2.75) is 20.3 Å². The molecule has 0 rings (SSSR count). The molecule has 0 heterocycles. The third-order valence-corrected chi connectivity index (χ3v) is 1.90. The summed E-state index contributed by atoms with van der Waals surface area (Å²) in [6, 6.07) is 0. The summed E-state index contributed by atoms with van der Waals surface area (Å²) < 4.78 is 4.53. The SMILES string of the molecule is C/C=C/C=C/C(=O)N(CCC)CC(=O)OC. The van der Waals surface area contributed by atoms with Crippen molar-refractivity contribution < 1.29 is 14.3 Å². The van der Waals surface area contributed by atoms with Gasteiger partial charge in [-0.15, -0.1) is 0 Å². The van der Waals surface area contributed by atoms with Crippen LogP contribution in [0.4, 0.5) is 0 Å². The molecular weight excluding hydrogens is 206 g/mol. The minimum atomic E-state index is -0.402. The van der Waals surface area contributed by atoms with Crippen LogP contribution in [-0.4, -0.2) is 37.0 Å². The average Bonchev–Trinajstić information content (AvgIpc) is 2.28. The van der Waals surface area contributed by atoms with Crippen LogP contribution in [-0.2, 0) is 14.3 Å². The van der Waals surface area contributed by atoms with Crippen LogP contribution in [0.25, 0.3) is 0 Å². The fourth-order valence-corrected chi connectivity index (χ4v) is 1.11. The lowest BCUT2D eigenvalue weighted by molar-refractivity contribution is -0.145. The van der Waals surface area contributed by atoms with Gasteiger partial charge in [-0.25, -0.2) is 0 Å². The maximum atomic E-state index is 11.7. The Bertz CT molecular complexity index is 282. The van der Waals surface area contributed by atoms with E-state index in [1.165, 1.54) is 18.1 Å². The van der Waals surface area contributed by atoms with Crippen molar-refractivity contribution in [3.63, 3.8) is 0 Å². The summed E-state index contributed by atoms with van der Waals surface area (Å²) in [5.41, 5.74) is 0. The summed E-state index contributed by atoms with van der Waals surface area (Å²) in [5, 5.41) is 0. The van der Waals surface area contributed by atoms with E-state index >= 15 is 0 Å². The smallest absolute Gasteiger partial charge is 0.325 e. The van der Waals surface area contributed by atoms with Crippen molar-refractivity contribution in [1.29, 1.82) is 0 Å². The molecule has 0 bridgehead atoms. The second-order valence-electron chi connectivity index (χ2n) is 3.22. The Morgan fingerprint density at radius 3 is 2.50 bits per heavy atom. The van der Waals surface area contributed by atoms with E-state index in [0.29, 0.717) is 6.54 Å². The Hall–Kier alpha value is -1.58. The van der Waals surface area contributed by atoms with Crippen molar-refractivity contribution in [3.8, 4) is 0 Å². The van der Waals surface area contributed by atoms with Crippen LogP contribution in [0.3, 0.4) is 0 Å². The average molecular weight is 225 g/mol. The number of carbonyl (C=O) groups is 2. The Labute approximate surface area is 96.6 Å². The van der Waals surface area contributed by atoms with E-state index in [1.807, 2.05) is 19.9 Å². The topological polar surface area (TPSA) is 46.6 Å². The number of rotatable bonds is 6. The van der Waals surface area contributed by atoms with Gasteiger partial charge in [0, 0.05) is 12.6 Å². The van der Waals surface area contributed by atoms with E-state index in [4.69, 9.17) is 0 Å². The number of esters is 1. The summed E-state index contributed by atoms with van der Waals surface area (Å²) in [7, 11) is 1.31. The van der Waals surface area contributed by atoms with Crippen molar-refractivity contribution in [2.24, 2.45) is 0 Å². The second kappa shape index (κ2) is 8.71. The van der Waals surface area contributed by atoms with Crippen LogP contribution >= 0.6 is 0 Å². The lowest BCUT2D eigenvalue weighted by atomic mass is 10.3. The first kappa shape index (κ1) is 14.4.